The SMILES string of the molecule is C=CCN(CC(=O)O)C(=O)Nc1ccc([N+](=O)[O-])cc1F. The predicted octanol–water partition coefficient (Wildman–Crippen LogP) is 1.84. The number of urea groups is 1. The number of rotatable bonds is 6. The number of nitrogens with zero attached hydrogens (tertiary/aromatic N) is 2. The fourth-order valence-electron chi connectivity index (χ4n) is 1.45. The molecule has 9 heteroatoms. The van der Waals surface area contributed by atoms with E-state index in [2.05, 4.69) is 11.9 Å². The van der Waals surface area contributed by atoms with Gasteiger partial charge in [0.1, 0.15) is 6.54 Å². The number of nitro groups is 1. The van der Waals surface area contributed by atoms with Crippen LogP contribution in [0.1, 0.15) is 0 Å². The molecule has 0 aliphatic heterocycles. The first-order valence-corrected chi connectivity index (χ1v) is 5.67. The Bertz CT molecular complexity index is 590. The van der Waals surface area contributed by atoms with E-state index in [1.807, 2.05) is 0 Å². The Kier molecular flexibility index (Phi) is 5.35. The van der Waals surface area contributed by atoms with Crippen molar-refractivity contribution in [2.75, 3.05) is 18.4 Å². The van der Waals surface area contributed by atoms with E-state index in [1.165, 1.54) is 6.08 Å². The molecule has 0 aliphatic rings. The summed E-state index contributed by atoms with van der Waals surface area (Å²) in [4.78, 5) is 33.0. The van der Waals surface area contributed by atoms with Crippen LogP contribution >= 0.6 is 0 Å². The van der Waals surface area contributed by atoms with Gasteiger partial charge in [-0.1, -0.05) is 6.08 Å². The summed E-state index contributed by atoms with van der Waals surface area (Å²) in [5.41, 5.74) is -0.746. The van der Waals surface area contributed by atoms with E-state index >= 15 is 0 Å². The number of non-ortho nitro benzene ring substituents is 1. The lowest BCUT2D eigenvalue weighted by Gasteiger charge is -2.19. The zero-order valence-electron chi connectivity index (χ0n) is 10.8. The summed E-state index contributed by atoms with van der Waals surface area (Å²) in [6.45, 7) is 2.74. The highest BCUT2D eigenvalue weighted by Gasteiger charge is 2.18. The number of halogens is 1. The summed E-state index contributed by atoms with van der Waals surface area (Å²) >= 11 is 0. The summed E-state index contributed by atoms with van der Waals surface area (Å²) in [7, 11) is 0. The van der Waals surface area contributed by atoms with Crippen LogP contribution in [0.4, 0.5) is 20.6 Å². The number of amides is 2. The molecule has 0 spiro atoms. The van der Waals surface area contributed by atoms with Crippen LogP contribution in [-0.2, 0) is 4.79 Å². The van der Waals surface area contributed by atoms with Crippen LogP contribution in [-0.4, -0.2) is 40.0 Å². The Balaban J connectivity index is 2.88. The predicted molar refractivity (Wildman–Crippen MR) is 71.5 cm³/mol. The Labute approximate surface area is 118 Å². The highest BCUT2D eigenvalue weighted by molar-refractivity contribution is 5.91. The molecule has 0 bridgehead atoms. The van der Waals surface area contributed by atoms with Crippen LogP contribution in [0.15, 0.2) is 30.9 Å². The minimum Gasteiger partial charge on any atom is -0.480 e. The number of hydrogen-bond acceptors (Lipinski definition) is 4. The average molecular weight is 297 g/mol. The number of nitro benzene ring substituents is 1. The van der Waals surface area contributed by atoms with Gasteiger partial charge >= 0.3 is 12.0 Å². The number of benzene rings is 1. The van der Waals surface area contributed by atoms with Crippen molar-refractivity contribution in [2.45, 2.75) is 0 Å². The van der Waals surface area contributed by atoms with Crippen molar-refractivity contribution < 1.29 is 24.0 Å². The molecule has 0 fully saturated rings. The van der Waals surface area contributed by atoms with Gasteiger partial charge in [0, 0.05) is 12.6 Å². The number of anilines is 1. The Morgan fingerprint density at radius 2 is 2.19 bits per heavy atom. The minimum atomic E-state index is -1.24. The van der Waals surface area contributed by atoms with Gasteiger partial charge in [-0.3, -0.25) is 14.9 Å². The normalized spacial score (nSPS) is 9.76. The van der Waals surface area contributed by atoms with Crippen molar-refractivity contribution in [1.82, 2.24) is 4.90 Å². The molecule has 0 heterocycles. The molecule has 0 aromatic heterocycles. The highest BCUT2D eigenvalue weighted by Crippen LogP contribution is 2.20. The van der Waals surface area contributed by atoms with Crippen LogP contribution < -0.4 is 5.32 Å². The van der Waals surface area contributed by atoms with Crippen LogP contribution in [0.2, 0.25) is 0 Å². The van der Waals surface area contributed by atoms with Gasteiger partial charge in [-0.25, -0.2) is 9.18 Å². The lowest BCUT2D eigenvalue weighted by molar-refractivity contribution is -0.385. The third-order valence-electron chi connectivity index (χ3n) is 2.37. The smallest absolute Gasteiger partial charge is 0.323 e. The molecule has 0 radical (unpaired) electrons. The van der Waals surface area contributed by atoms with Crippen molar-refractivity contribution in [3.05, 3.63) is 46.8 Å². The van der Waals surface area contributed by atoms with E-state index in [1.54, 1.807) is 0 Å². The largest absolute Gasteiger partial charge is 0.480 e. The molecule has 0 atom stereocenters. The number of nitrogens with one attached hydrogen (secondary N) is 1. The molecule has 1 aromatic rings. The first-order valence-electron chi connectivity index (χ1n) is 5.67. The fourth-order valence-corrected chi connectivity index (χ4v) is 1.45. The molecule has 1 aromatic carbocycles. The quantitative estimate of drug-likeness (QED) is 0.472. The molecular formula is C12H12FN3O5. The first-order chi connectivity index (χ1) is 9.85. The second-order valence-corrected chi connectivity index (χ2v) is 3.91. The number of carboxylic acids is 1. The van der Waals surface area contributed by atoms with Gasteiger partial charge in [0.15, 0.2) is 5.82 Å². The summed E-state index contributed by atoms with van der Waals surface area (Å²) < 4.78 is 13.6. The molecular weight excluding hydrogens is 285 g/mol. The molecule has 8 nitrogen and oxygen atoms in total. The van der Waals surface area contributed by atoms with Gasteiger partial charge in [0.25, 0.3) is 5.69 Å². The number of aliphatic carboxylic acids is 1. The number of carbonyl (C=O) groups excluding carboxylic acids is 1. The Morgan fingerprint density at radius 3 is 2.67 bits per heavy atom. The summed E-state index contributed by atoms with van der Waals surface area (Å²) in [6, 6.07) is 1.85. The van der Waals surface area contributed by atoms with Gasteiger partial charge in [-0.15, -0.1) is 6.58 Å². The third kappa shape index (κ3) is 4.56. The standard InChI is InChI=1S/C12H12FN3O5/c1-2-5-15(7-11(17)18)12(19)14-10-4-3-8(16(20)21)6-9(10)13/h2-4,6H,1,5,7H2,(H,14,19)(H,17,18). The van der Waals surface area contributed by atoms with Gasteiger partial charge in [-0.2, -0.15) is 0 Å². The van der Waals surface area contributed by atoms with E-state index in [4.69, 9.17) is 5.11 Å². The molecule has 0 saturated carbocycles. The molecule has 0 unspecified atom stereocenters. The van der Waals surface area contributed by atoms with Gasteiger partial charge in [0.05, 0.1) is 16.7 Å². The van der Waals surface area contributed by atoms with Crippen LogP contribution in [0.3, 0.4) is 0 Å². The van der Waals surface area contributed by atoms with Gasteiger partial charge in [-0.05, 0) is 6.07 Å². The van der Waals surface area contributed by atoms with Gasteiger partial charge in [0.2, 0.25) is 0 Å². The molecule has 1 rings (SSSR count). The number of carbonyl (C=O) groups is 2. The van der Waals surface area contributed by atoms with E-state index in [-0.39, 0.29) is 12.2 Å². The maximum Gasteiger partial charge on any atom is 0.323 e. The molecule has 0 aliphatic carbocycles. The second-order valence-electron chi connectivity index (χ2n) is 3.91. The molecule has 21 heavy (non-hydrogen) atoms. The number of carboxylic acid groups (broad SMARTS) is 1. The van der Waals surface area contributed by atoms with Crippen molar-refractivity contribution in [3.8, 4) is 0 Å². The van der Waals surface area contributed by atoms with Crippen molar-refractivity contribution in [1.29, 1.82) is 0 Å². The topological polar surface area (TPSA) is 113 Å². The Morgan fingerprint density at radius 1 is 1.52 bits per heavy atom. The van der Waals surface area contributed by atoms with Crippen molar-refractivity contribution in [3.63, 3.8) is 0 Å². The lowest BCUT2D eigenvalue weighted by atomic mass is 10.2. The lowest BCUT2D eigenvalue weighted by Crippen LogP contribution is -2.39. The highest BCUT2D eigenvalue weighted by atomic mass is 19.1. The Hall–Kier alpha value is -2.97. The zero-order valence-corrected chi connectivity index (χ0v) is 10.8. The third-order valence-corrected chi connectivity index (χ3v) is 2.37. The summed E-state index contributed by atoms with van der Waals surface area (Å²) in [6.07, 6.45) is 1.31. The molecule has 2 N–H and O–H groups in total. The molecule has 0 saturated heterocycles. The summed E-state index contributed by atoms with van der Waals surface area (Å²) in [5, 5.41) is 21.3. The average Bonchev–Trinajstić information content (AvgIpc) is 2.39. The summed E-state index contributed by atoms with van der Waals surface area (Å²) in [5.74, 6) is -2.23. The van der Waals surface area contributed by atoms with Crippen LogP contribution in [0.5, 0.6) is 0 Å². The maximum atomic E-state index is 13.6. The minimum absolute atomic E-state index is 0.0489. The number of hydrogen-bond donors (Lipinski definition) is 2. The van der Waals surface area contributed by atoms with E-state index < -0.39 is 35.0 Å². The fraction of sp³-hybridized carbons (Fsp3) is 0.167. The van der Waals surface area contributed by atoms with Crippen LogP contribution in [0.25, 0.3) is 0 Å². The van der Waals surface area contributed by atoms with Crippen molar-refractivity contribution in [2.24, 2.45) is 0 Å². The first kappa shape index (κ1) is 16.1. The molecule has 2 amide bonds. The molecule has 112 valence electrons. The van der Waals surface area contributed by atoms with Crippen molar-refractivity contribution >= 4 is 23.4 Å². The zero-order chi connectivity index (χ0) is 16.0. The van der Waals surface area contributed by atoms with Crippen LogP contribution in [0, 0.1) is 15.9 Å². The van der Waals surface area contributed by atoms with Gasteiger partial charge < -0.3 is 15.3 Å². The maximum absolute atomic E-state index is 13.6. The van der Waals surface area contributed by atoms with E-state index in [0.29, 0.717) is 6.07 Å². The van der Waals surface area contributed by atoms with E-state index in [9.17, 15) is 24.1 Å². The monoisotopic (exact) mass is 297 g/mol. The second kappa shape index (κ2) is 6.98. The van der Waals surface area contributed by atoms with E-state index in [0.717, 1.165) is 17.0 Å².